The van der Waals surface area contributed by atoms with Crippen LogP contribution in [-0.2, 0) is 14.1 Å². The van der Waals surface area contributed by atoms with Gasteiger partial charge < -0.3 is 0 Å². The Balaban J connectivity index is 1.38. The molecular weight excluding hydrogens is 492 g/mol. The summed E-state index contributed by atoms with van der Waals surface area (Å²) in [6.07, 6.45) is 0. The Morgan fingerprint density at radius 3 is 1.88 bits per heavy atom. The molecule has 0 amide bonds. The number of aryl methyl sites for hydroxylation is 2. The van der Waals surface area contributed by atoms with Gasteiger partial charge in [-0.15, -0.1) is 0 Å². The molecule has 5 heteroatoms. The average Bonchev–Trinajstić information content (AvgIpc) is 3.24. The van der Waals surface area contributed by atoms with Gasteiger partial charge in [0, 0.05) is 30.8 Å². The maximum atomic E-state index is 12.5. The van der Waals surface area contributed by atoms with E-state index in [1.165, 1.54) is 10.8 Å². The van der Waals surface area contributed by atoms with Crippen LogP contribution in [0.2, 0.25) is 0 Å². The Morgan fingerprint density at radius 1 is 0.475 bits per heavy atom. The number of benzene rings is 5. The molecule has 192 valence electrons. The molecule has 7 rings (SSSR count). The lowest BCUT2D eigenvalue weighted by atomic mass is 9.99. The molecular formula is C35H26N4O. The molecule has 2 heterocycles. The first-order valence-corrected chi connectivity index (χ1v) is 13.3. The summed E-state index contributed by atoms with van der Waals surface area (Å²) in [6.45, 7) is 0. The van der Waals surface area contributed by atoms with Crippen LogP contribution in [0.5, 0.6) is 0 Å². The molecule has 0 unspecified atom stereocenters. The van der Waals surface area contributed by atoms with Crippen LogP contribution in [-0.4, -0.2) is 19.1 Å². The van der Waals surface area contributed by atoms with E-state index >= 15 is 0 Å². The Morgan fingerprint density at radius 2 is 1.07 bits per heavy atom. The van der Waals surface area contributed by atoms with Crippen LogP contribution in [0.3, 0.4) is 0 Å². The third-order valence-corrected chi connectivity index (χ3v) is 7.57. The zero-order chi connectivity index (χ0) is 27.2. The molecule has 5 nitrogen and oxygen atoms in total. The number of imidazole rings is 1. The fourth-order valence-corrected chi connectivity index (χ4v) is 5.35. The van der Waals surface area contributed by atoms with Crippen LogP contribution in [0.15, 0.2) is 126 Å². The van der Waals surface area contributed by atoms with Crippen molar-refractivity contribution in [2.24, 2.45) is 14.1 Å². The van der Waals surface area contributed by atoms with Crippen molar-refractivity contribution in [3.8, 4) is 45.0 Å². The molecule has 40 heavy (non-hydrogen) atoms. The van der Waals surface area contributed by atoms with Crippen LogP contribution in [0.25, 0.3) is 66.8 Å². The highest BCUT2D eigenvalue weighted by molar-refractivity contribution is 5.88. The second-order valence-corrected chi connectivity index (χ2v) is 10.1. The third-order valence-electron chi connectivity index (χ3n) is 7.57. The molecule has 0 aliphatic heterocycles. The largest absolute Gasteiger partial charge is 0.328 e. The SMILES string of the molecule is Cn1c(=O)n(C)c2cc(-c3cccc(-c4cc(-c5ccc6ccccc6c5)nc(-c5ccccc5)n4)c3)ccc21. The van der Waals surface area contributed by atoms with Crippen molar-refractivity contribution in [1.29, 1.82) is 0 Å². The zero-order valence-corrected chi connectivity index (χ0v) is 22.2. The molecule has 0 atom stereocenters. The Kier molecular flexibility index (Phi) is 5.64. The maximum absolute atomic E-state index is 12.5. The minimum Gasteiger partial charge on any atom is -0.295 e. The minimum absolute atomic E-state index is 0.0310. The fourth-order valence-electron chi connectivity index (χ4n) is 5.35. The number of hydrogen-bond donors (Lipinski definition) is 0. The topological polar surface area (TPSA) is 52.7 Å². The quantitative estimate of drug-likeness (QED) is 0.243. The van der Waals surface area contributed by atoms with Gasteiger partial charge in [-0.3, -0.25) is 9.13 Å². The lowest BCUT2D eigenvalue weighted by Crippen LogP contribution is -2.19. The molecule has 2 aromatic heterocycles. The molecule has 0 fully saturated rings. The number of rotatable bonds is 4. The summed E-state index contributed by atoms with van der Waals surface area (Å²) in [7, 11) is 3.61. The molecule has 0 saturated heterocycles. The van der Waals surface area contributed by atoms with Gasteiger partial charge in [0.1, 0.15) is 0 Å². The van der Waals surface area contributed by atoms with Crippen molar-refractivity contribution in [1.82, 2.24) is 19.1 Å². The van der Waals surface area contributed by atoms with Gasteiger partial charge in [0.25, 0.3) is 0 Å². The van der Waals surface area contributed by atoms with E-state index in [1.807, 2.05) is 43.4 Å². The summed E-state index contributed by atoms with van der Waals surface area (Å²) >= 11 is 0. The van der Waals surface area contributed by atoms with Gasteiger partial charge in [-0.05, 0) is 52.2 Å². The molecule has 5 aromatic carbocycles. The molecule has 0 radical (unpaired) electrons. The normalized spacial score (nSPS) is 11.3. The first kappa shape index (κ1) is 23.8. The summed E-state index contributed by atoms with van der Waals surface area (Å²) in [6, 6.07) is 41.5. The second-order valence-electron chi connectivity index (χ2n) is 10.1. The van der Waals surface area contributed by atoms with Gasteiger partial charge in [-0.2, -0.15) is 0 Å². The molecule has 0 aliphatic carbocycles. The molecule has 0 bridgehead atoms. The van der Waals surface area contributed by atoms with Crippen molar-refractivity contribution >= 4 is 21.8 Å². The summed E-state index contributed by atoms with van der Waals surface area (Å²) < 4.78 is 3.37. The average molecular weight is 519 g/mol. The first-order chi connectivity index (χ1) is 19.5. The Bertz CT molecular complexity index is 2100. The van der Waals surface area contributed by atoms with E-state index < -0.39 is 0 Å². The lowest BCUT2D eigenvalue weighted by molar-refractivity contribution is 0.795. The van der Waals surface area contributed by atoms with Crippen LogP contribution >= 0.6 is 0 Å². The highest BCUT2D eigenvalue weighted by Crippen LogP contribution is 2.32. The van der Waals surface area contributed by atoms with E-state index in [1.54, 1.807) is 16.2 Å². The van der Waals surface area contributed by atoms with E-state index in [0.29, 0.717) is 5.82 Å². The van der Waals surface area contributed by atoms with Crippen LogP contribution in [0.4, 0.5) is 0 Å². The van der Waals surface area contributed by atoms with Crippen molar-refractivity contribution in [2.75, 3.05) is 0 Å². The van der Waals surface area contributed by atoms with Crippen LogP contribution in [0, 0.1) is 0 Å². The Labute approximate surface area is 231 Å². The summed E-state index contributed by atoms with van der Waals surface area (Å²) in [4.78, 5) is 22.5. The van der Waals surface area contributed by atoms with Gasteiger partial charge in [0.2, 0.25) is 0 Å². The van der Waals surface area contributed by atoms with Crippen molar-refractivity contribution in [2.45, 2.75) is 0 Å². The predicted octanol–water partition coefficient (Wildman–Crippen LogP) is 7.49. The van der Waals surface area contributed by atoms with E-state index in [9.17, 15) is 4.79 Å². The number of aromatic nitrogens is 4. The van der Waals surface area contributed by atoms with Gasteiger partial charge in [-0.25, -0.2) is 14.8 Å². The van der Waals surface area contributed by atoms with Gasteiger partial charge in [0.05, 0.1) is 22.4 Å². The van der Waals surface area contributed by atoms with Gasteiger partial charge >= 0.3 is 5.69 Å². The molecule has 0 spiro atoms. The van der Waals surface area contributed by atoms with Gasteiger partial charge in [-0.1, -0.05) is 91.0 Å². The monoisotopic (exact) mass is 518 g/mol. The van der Waals surface area contributed by atoms with Crippen LogP contribution < -0.4 is 5.69 Å². The highest BCUT2D eigenvalue weighted by Gasteiger charge is 2.13. The first-order valence-electron chi connectivity index (χ1n) is 13.3. The smallest absolute Gasteiger partial charge is 0.295 e. The van der Waals surface area contributed by atoms with E-state index in [-0.39, 0.29) is 5.69 Å². The second kappa shape index (κ2) is 9.47. The highest BCUT2D eigenvalue weighted by atomic mass is 16.1. The predicted molar refractivity (Wildman–Crippen MR) is 163 cm³/mol. The van der Waals surface area contributed by atoms with Crippen molar-refractivity contribution < 1.29 is 0 Å². The standard InChI is InChI=1S/C35H26N4O/c1-38-32-18-17-27(21-33(32)39(2)35(38)40)26-13-8-14-28(20-26)30-22-31(37-34(36-30)24-10-4-3-5-11-24)29-16-15-23-9-6-7-12-25(23)19-29/h3-22H,1-2H3. The summed E-state index contributed by atoms with van der Waals surface area (Å²) in [5, 5.41) is 2.37. The molecule has 0 saturated carbocycles. The lowest BCUT2D eigenvalue weighted by Gasteiger charge is -2.11. The fraction of sp³-hybridized carbons (Fsp3) is 0.0571. The zero-order valence-electron chi connectivity index (χ0n) is 22.2. The number of hydrogen-bond acceptors (Lipinski definition) is 3. The summed E-state index contributed by atoms with van der Waals surface area (Å²) in [5.41, 5.74) is 8.64. The van der Waals surface area contributed by atoms with Crippen molar-refractivity contribution in [3.05, 3.63) is 132 Å². The van der Waals surface area contributed by atoms with Crippen LogP contribution in [0.1, 0.15) is 0 Å². The van der Waals surface area contributed by atoms with Crippen molar-refractivity contribution in [3.63, 3.8) is 0 Å². The third kappa shape index (κ3) is 4.09. The van der Waals surface area contributed by atoms with Gasteiger partial charge in [0.15, 0.2) is 5.82 Å². The van der Waals surface area contributed by atoms with E-state index in [4.69, 9.17) is 9.97 Å². The number of fused-ring (bicyclic) bond motifs is 2. The van der Waals surface area contributed by atoms with E-state index in [2.05, 4.69) is 84.9 Å². The maximum Gasteiger partial charge on any atom is 0.328 e. The molecule has 7 aromatic rings. The molecule has 0 N–H and O–H groups in total. The minimum atomic E-state index is -0.0310. The molecule has 0 aliphatic rings. The Hall–Kier alpha value is -5.29. The number of nitrogens with zero attached hydrogens (tertiary/aromatic N) is 4. The van der Waals surface area contributed by atoms with E-state index in [0.717, 1.165) is 50.2 Å². The summed E-state index contributed by atoms with van der Waals surface area (Å²) in [5.74, 6) is 0.687.